The number of nitrogens with one attached hydrogen (secondary N) is 1. The van der Waals surface area contributed by atoms with Crippen molar-refractivity contribution in [2.45, 2.75) is 51.7 Å². The highest BCUT2D eigenvalue weighted by Gasteiger charge is 2.26. The van der Waals surface area contributed by atoms with Gasteiger partial charge in [0.15, 0.2) is 0 Å². The summed E-state index contributed by atoms with van der Waals surface area (Å²) in [5, 5.41) is 1.96. The fourth-order valence-electron chi connectivity index (χ4n) is 3.73. The molecule has 1 aromatic carbocycles. The maximum Gasteiger partial charge on any atom is 0.255 e. The van der Waals surface area contributed by atoms with Crippen molar-refractivity contribution in [1.82, 2.24) is 9.88 Å². The monoisotopic (exact) mass is 348 g/mol. The minimum atomic E-state index is -0.124. The first-order valence-electron chi connectivity index (χ1n) is 8.84. The molecule has 130 valence electrons. The Labute approximate surface area is 147 Å². The zero-order chi connectivity index (χ0) is 17.1. The van der Waals surface area contributed by atoms with Crippen LogP contribution < -0.4 is 10.3 Å². The molecule has 1 aliphatic carbocycles. The van der Waals surface area contributed by atoms with Crippen LogP contribution in [0, 0.1) is 0 Å². The topological polar surface area (TPSA) is 45.3 Å². The quantitative estimate of drug-likeness (QED) is 0.880. The van der Waals surface area contributed by atoms with Gasteiger partial charge in [0, 0.05) is 17.6 Å². The van der Waals surface area contributed by atoms with Gasteiger partial charge in [-0.25, -0.2) is 0 Å². The van der Waals surface area contributed by atoms with Gasteiger partial charge in [-0.2, -0.15) is 0 Å². The van der Waals surface area contributed by atoms with Gasteiger partial charge in [-0.15, -0.1) is 0 Å². The molecule has 1 aliphatic rings. The average molecular weight is 349 g/mol. The predicted octanol–water partition coefficient (Wildman–Crippen LogP) is 4.21. The Morgan fingerprint density at radius 1 is 1.21 bits per heavy atom. The molecule has 0 saturated heterocycles. The molecule has 1 heterocycles. The number of H-pyrrole nitrogens is 1. The Morgan fingerprint density at radius 3 is 2.58 bits per heavy atom. The standard InChI is InChI=1S/C19H25ClN2O2/c1-3-22(4-2)14-5-7-15(8-6-14)24-18-11-13-9-10-21-19(23)16(13)12-17(18)20/h9-12,14-15H,3-8H2,1-2H3,(H,21,23)/t14-,15-. The number of ether oxygens (including phenoxy) is 1. The first-order valence-corrected chi connectivity index (χ1v) is 9.21. The number of rotatable bonds is 5. The normalized spacial score (nSPS) is 21.3. The SMILES string of the molecule is CCN(CC)[C@H]1CC[C@H](Oc2cc3cc[nH]c(=O)c3cc2Cl)CC1. The molecule has 1 fully saturated rings. The van der Waals surface area contributed by atoms with Crippen molar-refractivity contribution in [3.63, 3.8) is 0 Å². The Balaban J connectivity index is 1.70. The molecular formula is C19H25ClN2O2. The summed E-state index contributed by atoms with van der Waals surface area (Å²) >= 11 is 6.33. The van der Waals surface area contributed by atoms with E-state index in [0.717, 1.165) is 44.2 Å². The van der Waals surface area contributed by atoms with Crippen LogP contribution >= 0.6 is 11.6 Å². The van der Waals surface area contributed by atoms with Gasteiger partial charge in [-0.3, -0.25) is 4.79 Å². The molecule has 24 heavy (non-hydrogen) atoms. The number of halogens is 1. The summed E-state index contributed by atoms with van der Waals surface area (Å²) in [7, 11) is 0. The number of benzene rings is 1. The maximum absolute atomic E-state index is 11.8. The van der Waals surface area contributed by atoms with Crippen LogP contribution in [0.4, 0.5) is 0 Å². The Morgan fingerprint density at radius 2 is 1.92 bits per heavy atom. The van der Waals surface area contributed by atoms with Crippen LogP contribution in [0.15, 0.2) is 29.2 Å². The van der Waals surface area contributed by atoms with Gasteiger partial charge in [0.2, 0.25) is 0 Å². The van der Waals surface area contributed by atoms with Crippen molar-refractivity contribution in [1.29, 1.82) is 0 Å². The minimum absolute atomic E-state index is 0.124. The van der Waals surface area contributed by atoms with Gasteiger partial charge in [0.25, 0.3) is 5.56 Å². The second kappa shape index (κ2) is 7.58. The molecule has 5 heteroatoms. The van der Waals surface area contributed by atoms with E-state index in [4.69, 9.17) is 16.3 Å². The van der Waals surface area contributed by atoms with E-state index in [0.29, 0.717) is 22.2 Å². The molecular weight excluding hydrogens is 324 g/mol. The summed E-state index contributed by atoms with van der Waals surface area (Å²) in [6, 6.07) is 6.12. The molecule has 0 aliphatic heterocycles. The molecule has 3 rings (SSSR count). The van der Waals surface area contributed by atoms with Crippen molar-refractivity contribution in [3.8, 4) is 5.75 Å². The van der Waals surface area contributed by atoms with Crippen molar-refractivity contribution in [2.75, 3.05) is 13.1 Å². The zero-order valence-electron chi connectivity index (χ0n) is 14.3. The summed E-state index contributed by atoms with van der Waals surface area (Å²) in [6.45, 7) is 6.67. The molecule has 0 unspecified atom stereocenters. The van der Waals surface area contributed by atoms with Crippen LogP contribution in [0.5, 0.6) is 5.75 Å². The fourth-order valence-corrected chi connectivity index (χ4v) is 3.93. The van der Waals surface area contributed by atoms with Crippen LogP contribution in [-0.4, -0.2) is 35.1 Å². The molecule has 0 amide bonds. The largest absolute Gasteiger partial charge is 0.489 e. The Bertz CT molecular complexity index is 747. The molecule has 4 nitrogen and oxygen atoms in total. The lowest BCUT2D eigenvalue weighted by molar-refractivity contribution is 0.0936. The minimum Gasteiger partial charge on any atom is -0.489 e. The van der Waals surface area contributed by atoms with E-state index in [1.54, 1.807) is 12.3 Å². The van der Waals surface area contributed by atoms with Crippen molar-refractivity contribution < 1.29 is 4.74 Å². The fraction of sp³-hybridized carbons (Fsp3) is 0.526. The van der Waals surface area contributed by atoms with E-state index < -0.39 is 0 Å². The van der Waals surface area contributed by atoms with Gasteiger partial charge >= 0.3 is 0 Å². The Kier molecular flexibility index (Phi) is 5.47. The van der Waals surface area contributed by atoms with Crippen molar-refractivity contribution >= 4 is 22.4 Å². The lowest BCUT2D eigenvalue weighted by atomic mass is 9.91. The highest BCUT2D eigenvalue weighted by atomic mass is 35.5. The second-order valence-corrected chi connectivity index (χ2v) is 6.85. The van der Waals surface area contributed by atoms with Crippen LogP contribution in [0.25, 0.3) is 10.8 Å². The number of aromatic nitrogens is 1. The van der Waals surface area contributed by atoms with Crippen LogP contribution in [0.1, 0.15) is 39.5 Å². The highest BCUT2D eigenvalue weighted by Crippen LogP contribution is 2.32. The lowest BCUT2D eigenvalue weighted by Gasteiger charge is -2.35. The van der Waals surface area contributed by atoms with E-state index in [1.807, 2.05) is 12.1 Å². The molecule has 0 atom stereocenters. The van der Waals surface area contributed by atoms with Crippen LogP contribution in [0.2, 0.25) is 5.02 Å². The predicted molar refractivity (Wildman–Crippen MR) is 99.2 cm³/mol. The van der Waals surface area contributed by atoms with Crippen LogP contribution in [0.3, 0.4) is 0 Å². The number of nitrogens with zero attached hydrogens (tertiary/aromatic N) is 1. The number of fused-ring (bicyclic) bond motifs is 1. The molecule has 1 aromatic heterocycles. The lowest BCUT2D eigenvalue weighted by Crippen LogP contribution is -2.39. The molecule has 1 saturated carbocycles. The molecule has 0 bridgehead atoms. The first-order chi connectivity index (χ1) is 11.6. The first kappa shape index (κ1) is 17.3. The van der Waals surface area contributed by atoms with E-state index in [9.17, 15) is 4.79 Å². The van der Waals surface area contributed by atoms with Gasteiger partial charge in [0.05, 0.1) is 11.1 Å². The number of aromatic amines is 1. The summed E-state index contributed by atoms with van der Waals surface area (Å²) < 4.78 is 6.17. The van der Waals surface area contributed by atoms with Gasteiger partial charge in [-0.1, -0.05) is 25.4 Å². The smallest absolute Gasteiger partial charge is 0.255 e. The number of pyridine rings is 1. The summed E-state index contributed by atoms with van der Waals surface area (Å²) in [6.07, 6.45) is 6.27. The molecule has 1 N–H and O–H groups in total. The van der Waals surface area contributed by atoms with E-state index >= 15 is 0 Å². The van der Waals surface area contributed by atoms with Crippen molar-refractivity contribution in [3.05, 3.63) is 39.8 Å². The third-order valence-electron chi connectivity index (χ3n) is 5.09. The van der Waals surface area contributed by atoms with E-state index in [1.165, 1.54) is 0 Å². The third-order valence-corrected chi connectivity index (χ3v) is 5.39. The summed E-state index contributed by atoms with van der Waals surface area (Å²) in [5.41, 5.74) is -0.124. The van der Waals surface area contributed by atoms with Gasteiger partial charge in [0.1, 0.15) is 5.75 Å². The molecule has 0 spiro atoms. The van der Waals surface area contributed by atoms with Crippen molar-refractivity contribution in [2.24, 2.45) is 0 Å². The van der Waals surface area contributed by atoms with E-state index in [2.05, 4.69) is 23.7 Å². The number of hydrogen-bond donors (Lipinski definition) is 1. The summed E-state index contributed by atoms with van der Waals surface area (Å²) in [5.74, 6) is 0.682. The van der Waals surface area contributed by atoms with E-state index in [-0.39, 0.29) is 11.7 Å². The number of hydrogen-bond acceptors (Lipinski definition) is 3. The van der Waals surface area contributed by atoms with Gasteiger partial charge < -0.3 is 14.6 Å². The molecule has 2 aromatic rings. The average Bonchev–Trinajstić information content (AvgIpc) is 2.59. The second-order valence-electron chi connectivity index (χ2n) is 6.45. The van der Waals surface area contributed by atoms with Crippen LogP contribution in [-0.2, 0) is 0 Å². The maximum atomic E-state index is 11.8. The highest BCUT2D eigenvalue weighted by molar-refractivity contribution is 6.32. The summed E-state index contributed by atoms with van der Waals surface area (Å²) in [4.78, 5) is 17.0. The third kappa shape index (κ3) is 3.60. The molecule has 0 radical (unpaired) electrons. The zero-order valence-corrected chi connectivity index (χ0v) is 15.1. The van der Waals surface area contributed by atoms with Gasteiger partial charge in [-0.05, 0) is 62.4 Å². The Hall–Kier alpha value is -1.52.